The van der Waals surface area contributed by atoms with Gasteiger partial charge in [-0.1, -0.05) is 12.1 Å². The van der Waals surface area contributed by atoms with E-state index in [9.17, 15) is 8.78 Å². The maximum atomic E-state index is 13.6. The summed E-state index contributed by atoms with van der Waals surface area (Å²) in [6.45, 7) is 5.57. The third kappa shape index (κ3) is 3.04. The first-order valence-electron chi connectivity index (χ1n) is 6.21. The maximum Gasteiger partial charge on any atom is 0.163 e. The van der Waals surface area contributed by atoms with E-state index in [1.807, 2.05) is 6.92 Å². The quantitative estimate of drug-likeness (QED) is 0.888. The molecule has 2 rings (SSSR count). The molecular formula is C13H19F2N3. The van der Waals surface area contributed by atoms with Gasteiger partial charge in [0.25, 0.3) is 0 Å². The van der Waals surface area contributed by atoms with Gasteiger partial charge in [0.15, 0.2) is 11.6 Å². The molecule has 1 aromatic rings. The van der Waals surface area contributed by atoms with Crippen LogP contribution in [0, 0.1) is 11.6 Å². The van der Waals surface area contributed by atoms with Gasteiger partial charge in [-0.2, -0.15) is 0 Å². The number of likely N-dealkylation sites (N-methyl/N-ethyl adjacent to an activating group) is 1. The molecule has 3 nitrogen and oxygen atoms in total. The molecule has 1 aliphatic heterocycles. The summed E-state index contributed by atoms with van der Waals surface area (Å²) < 4.78 is 26.8. The van der Waals surface area contributed by atoms with Gasteiger partial charge in [0, 0.05) is 37.8 Å². The second kappa shape index (κ2) is 5.73. The summed E-state index contributed by atoms with van der Waals surface area (Å²) in [5, 5.41) is 2.06. The topological polar surface area (TPSA) is 18.5 Å². The summed E-state index contributed by atoms with van der Waals surface area (Å²) in [5.41, 5.74) is 3.59. The molecule has 1 heterocycles. The van der Waals surface area contributed by atoms with Crippen molar-refractivity contribution in [1.29, 1.82) is 0 Å². The van der Waals surface area contributed by atoms with Crippen molar-refractivity contribution < 1.29 is 8.78 Å². The Kier molecular flexibility index (Phi) is 4.27. The van der Waals surface area contributed by atoms with E-state index in [-0.39, 0.29) is 6.04 Å². The SMILES string of the molecule is CC(NN1CCN(C)CC1)c1cccc(F)c1F. The molecule has 0 saturated carbocycles. The maximum absolute atomic E-state index is 13.6. The van der Waals surface area contributed by atoms with Crippen LogP contribution in [-0.4, -0.2) is 43.1 Å². The van der Waals surface area contributed by atoms with Crippen molar-refractivity contribution in [3.8, 4) is 0 Å². The minimum atomic E-state index is -0.792. The van der Waals surface area contributed by atoms with Gasteiger partial charge in [-0.25, -0.2) is 19.2 Å². The van der Waals surface area contributed by atoms with Crippen molar-refractivity contribution >= 4 is 0 Å². The summed E-state index contributed by atoms with van der Waals surface area (Å²) in [6, 6.07) is 4.06. The number of halogens is 2. The van der Waals surface area contributed by atoms with Crippen LogP contribution in [0.3, 0.4) is 0 Å². The zero-order valence-corrected chi connectivity index (χ0v) is 10.8. The lowest BCUT2D eigenvalue weighted by Gasteiger charge is -2.34. The molecule has 18 heavy (non-hydrogen) atoms. The Bertz CT molecular complexity index is 403. The van der Waals surface area contributed by atoms with Gasteiger partial charge in [-0.3, -0.25) is 0 Å². The average Bonchev–Trinajstić information content (AvgIpc) is 2.35. The summed E-state index contributed by atoms with van der Waals surface area (Å²) in [7, 11) is 2.08. The Balaban J connectivity index is 1.99. The Hall–Kier alpha value is -1.04. The van der Waals surface area contributed by atoms with Crippen LogP contribution in [0.2, 0.25) is 0 Å². The van der Waals surface area contributed by atoms with E-state index in [0.29, 0.717) is 5.56 Å². The second-order valence-corrected chi connectivity index (χ2v) is 4.78. The summed E-state index contributed by atoms with van der Waals surface area (Å²) in [5.74, 6) is -1.55. The molecule has 1 atom stereocenters. The molecule has 5 heteroatoms. The fourth-order valence-corrected chi connectivity index (χ4v) is 2.13. The molecule has 1 aliphatic rings. The number of hydrogen-bond donors (Lipinski definition) is 1. The second-order valence-electron chi connectivity index (χ2n) is 4.78. The lowest BCUT2D eigenvalue weighted by molar-refractivity contribution is 0.0891. The van der Waals surface area contributed by atoms with E-state index in [1.165, 1.54) is 6.07 Å². The standard InChI is InChI=1S/C13H19F2N3/c1-10(11-4-3-5-12(14)13(11)15)16-18-8-6-17(2)7-9-18/h3-5,10,16H,6-9H2,1-2H3. The van der Waals surface area contributed by atoms with Gasteiger partial charge < -0.3 is 4.90 Å². The number of nitrogens with one attached hydrogen (secondary N) is 1. The number of hydrogen-bond acceptors (Lipinski definition) is 3. The first-order valence-corrected chi connectivity index (χ1v) is 6.21. The molecule has 1 saturated heterocycles. The average molecular weight is 255 g/mol. The van der Waals surface area contributed by atoms with E-state index < -0.39 is 11.6 Å². The molecule has 1 aromatic carbocycles. The van der Waals surface area contributed by atoms with Crippen LogP contribution >= 0.6 is 0 Å². The van der Waals surface area contributed by atoms with E-state index in [2.05, 4.69) is 22.4 Å². The van der Waals surface area contributed by atoms with Gasteiger partial charge in [0.1, 0.15) is 0 Å². The number of benzene rings is 1. The largest absolute Gasteiger partial charge is 0.304 e. The predicted molar refractivity (Wildman–Crippen MR) is 67.0 cm³/mol. The van der Waals surface area contributed by atoms with Crippen molar-refractivity contribution in [3.05, 3.63) is 35.4 Å². The Morgan fingerprint density at radius 2 is 1.83 bits per heavy atom. The number of piperazine rings is 1. The minimum absolute atomic E-state index is 0.232. The fourth-order valence-electron chi connectivity index (χ4n) is 2.13. The van der Waals surface area contributed by atoms with Crippen molar-refractivity contribution in [3.63, 3.8) is 0 Å². The van der Waals surface area contributed by atoms with Crippen LogP contribution in [0.1, 0.15) is 18.5 Å². The highest BCUT2D eigenvalue weighted by Gasteiger charge is 2.19. The Morgan fingerprint density at radius 3 is 2.50 bits per heavy atom. The van der Waals surface area contributed by atoms with E-state index in [1.54, 1.807) is 6.07 Å². The molecule has 0 amide bonds. The van der Waals surface area contributed by atoms with Crippen molar-refractivity contribution in [2.75, 3.05) is 33.2 Å². The van der Waals surface area contributed by atoms with Gasteiger partial charge in [-0.15, -0.1) is 0 Å². The monoisotopic (exact) mass is 255 g/mol. The molecule has 0 radical (unpaired) electrons. The smallest absolute Gasteiger partial charge is 0.163 e. The number of nitrogens with zero attached hydrogens (tertiary/aromatic N) is 2. The van der Waals surface area contributed by atoms with Crippen LogP contribution in [0.15, 0.2) is 18.2 Å². The van der Waals surface area contributed by atoms with Gasteiger partial charge in [0.05, 0.1) is 0 Å². The third-order valence-corrected chi connectivity index (χ3v) is 3.33. The third-order valence-electron chi connectivity index (χ3n) is 3.33. The molecule has 0 aromatic heterocycles. The molecule has 0 spiro atoms. The van der Waals surface area contributed by atoms with Crippen LogP contribution in [0.5, 0.6) is 0 Å². The highest BCUT2D eigenvalue weighted by Crippen LogP contribution is 2.19. The van der Waals surface area contributed by atoms with Gasteiger partial charge >= 0.3 is 0 Å². The molecule has 100 valence electrons. The zero-order valence-electron chi connectivity index (χ0n) is 10.8. The van der Waals surface area contributed by atoms with Gasteiger partial charge in [0.2, 0.25) is 0 Å². The normalized spacial score (nSPS) is 20.0. The van der Waals surface area contributed by atoms with Crippen LogP contribution in [-0.2, 0) is 0 Å². The Labute approximate surface area is 106 Å². The van der Waals surface area contributed by atoms with E-state index in [4.69, 9.17) is 0 Å². The molecule has 1 unspecified atom stereocenters. The van der Waals surface area contributed by atoms with Gasteiger partial charge in [-0.05, 0) is 20.0 Å². The molecule has 1 N–H and O–H groups in total. The minimum Gasteiger partial charge on any atom is -0.304 e. The van der Waals surface area contributed by atoms with Crippen molar-refractivity contribution in [1.82, 2.24) is 15.3 Å². The van der Waals surface area contributed by atoms with Crippen LogP contribution in [0.4, 0.5) is 8.78 Å². The lowest BCUT2D eigenvalue weighted by atomic mass is 10.1. The zero-order chi connectivity index (χ0) is 13.1. The molecule has 0 aliphatic carbocycles. The van der Waals surface area contributed by atoms with E-state index in [0.717, 1.165) is 32.2 Å². The highest BCUT2D eigenvalue weighted by atomic mass is 19.2. The van der Waals surface area contributed by atoms with E-state index >= 15 is 0 Å². The van der Waals surface area contributed by atoms with Crippen LogP contribution in [0.25, 0.3) is 0 Å². The van der Waals surface area contributed by atoms with Crippen molar-refractivity contribution in [2.24, 2.45) is 0 Å². The first-order chi connectivity index (χ1) is 8.58. The fraction of sp³-hybridized carbons (Fsp3) is 0.538. The summed E-state index contributed by atoms with van der Waals surface area (Å²) >= 11 is 0. The number of hydrazine groups is 1. The Morgan fingerprint density at radius 1 is 1.17 bits per heavy atom. The summed E-state index contributed by atoms with van der Waals surface area (Å²) in [6.07, 6.45) is 0. The first kappa shape index (κ1) is 13.4. The van der Waals surface area contributed by atoms with Crippen LogP contribution < -0.4 is 5.43 Å². The van der Waals surface area contributed by atoms with Crippen molar-refractivity contribution in [2.45, 2.75) is 13.0 Å². The summed E-state index contributed by atoms with van der Waals surface area (Å²) in [4.78, 5) is 2.24. The predicted octanol–water partition coefficient (Wildman–Crippen LogP) is 1.78. The molecule has 1 fully saturated rings. The molecule has 0 bridgehead atoms. The number of rotatable bonds is 3. The highest BCUT2D eigenvalue weighted by molar-refractivity contribution is 5.21. The molecular weight excluding hydrogens is 236 g/mol. The lowest BCUT2D eigenvalue weighted by Crippen LogP contribution is -2.51.